The topological polar surface area (TPSA) is 97.7 Å². The first kappa shape index (κ1) is 21.2. The summed E-state index contributed by atoms with van der Waals surface area (Å²) in [4.78, 5) is 23.8. The van der Waals surface area contributed by atoms with Crippen LogP contribution in [0.1, 0.15) is 31.2 Å². The Kier molecular flexibility index (Phi) is 7.28. The molecule has 1 aliphatic carbocycles. The second-order valence-corrected chi connectivity index (χ2v) is 7.14. The molecule has 1 amide bonds. The molecule has 0 bridgehead atoms. The molecule has 0 aliphatic heterocycles. The maximum Gasteiger partial charge on any atom is 0.344 e. The standard InChI is InChI=1S/C23H24N2O5/c24-17-23(12-4-5-13-23)25-21(26)15-30-22(27)16-29-20-10-8-19(9-11-20)28-14-18-6-2-1-3-7-18/h1-3,6-11H,4-5,12-16H2,(H,25,26). The van der Waals surface area contributed by atoms with Gasteiger partial charge in [0.1, 0.15) is 23.6 Å². The molecule has 0 saturated heterocycles. The van der Waals surface area contributed by atoms with E-state index >= 15 is 0 Å². The molecule has 2 aromatic carbocycles. The number of nitriles is 1. The molecule has 0 aromatic heterocycles. The number of carbonyl (C=O) groups is 2. The molecule has 2 aromatic rings. The largest absolute Gasteiger partial charge is 0.489 e. The summed E-state index contributed by atoms with van der Waals surface area (Å²) in [5, 5.41) is 11.9. The molecule has 1 saturated carbocycles. The second-order valence-electron chi connectivity index (χ2n) is 7.14. The third kappa shape index (κ3) is 6.24. The summed E-state index contributed by atoms with van der Waals surface area (Å²) < 4.78 is 16.0. The van der Waals surface area contributed by atoms with Crippen LogP contribution in [0.5, 0.6) is 11.5 Å². The number of hydrogen-bond acceptors (Lipinski definition) is 6. The van der Waals surface area contributed by atoms with Crippen LogP contribution in [-0.2, 0) is 20.9 Å². The lowest BCUT2D eigenvalue weighted by atomic mass is 10.00. The monoisotopic (exact) mass is 408 g/mol. The number of nitrogens with zero attached hydrogens (tertiary/aromatic N) is 1. The molecule has 0 unspecified atom stereocenters. The summed E-state index contributed by atoms with van der Waals surface area (Å²) in [7, 11) is 0. The number of hydrogen-bond donors (Lipinski definition) is 1. The van der Waals surface area contributed by atoms with Crippen molar-refractivity contribution in [3.05, 3.63) is 60.2 Å². The van der Waals surface area contributed by atoms with Crippen LogP contribution in [0, 0.1) is 11.3 Å². The minimum atomic E-state index is -0.829. The molecule has 1 fully saturated rings. The van der Waals surface area contributed by atoms with Crippen LogP contribution in [0.3, 0.4) is 0 Å². The first-order valence-corrected chi connectivity index (χ1v) is 9.86. The first-order chi connectivity index (χ1) is 14.6. The van der Waals surface area contributed by atoms with Crippen LogP contribution in [-0.4, -0.2) is 30.6 Å². The van der Waals surface area contributed by atoms with E-state index < -0.39 is 24.0 Å². The number of rotatable bonds is 9. The summed E-state index contributed by atoms with van der Waals surface area (Å²) >= 11 is 0. The maximum absolute atomic E-state index is 11.9. The van der Waals surface area contributed by atoms with Gasteiger partial charge < -0.3 is 19.5 Å². The normalized spacial score (nSPS) is 14.4. The van der Waals surface area contributed by atoms with E-state index in [1.165, 1.54) is 0 Å². The van der Waals surface area contributed by atoms with Crippen molar-refractivity contribution in [2.45, 2.75) is 37.8 Å². The summed E-state index contributed by atoms with van der Waals surface area (Å²) in [5.74, 6) is 0.0281. The van der Waals surface area contributed by atoms with Gasteiger partial charge in [-0.05, 0) is 55.5 Å². The van der Waals surface area contributed by atoms with Crippen LogP contribution in [0.2, 0.25) is 0 Å². The van der Waals surface area contributed by atoms with E-state index in [2.05, 4.69) is 11.4 Å². The van der Waals surface area contributed by atoms with E-state index in [0.29, 0.717) is 30.9 Å². The predicted octanol–water partition coefficient (Wildman–Crippen LogP) is 3.14. The fourth-order valence-electron chi connectivity index (χ4n) is 3.25. The Balaban J connectivity index is 1.36. The third-order valence-electron chi connectivity index (χ3n) is 4.84. The van der Waals surface area contributed by atoms with Gasteiger partial charge in [0.25, 0.3) is 5.91 Å². The Morgan fingerprint density at radius 3 is 2.20 bits per heavy atom. The summed E-state index contributed by atoms with van der Waals surface area (Å²) in [5.41, 5.74) is 0.239. The molecule has 1 N–H and O–H groups in total. The molecular weight excluding hydrogens is 384 g/mol. The van der Waals surface area contributed by atoms with E-state index in [9.17, 15) is 14.9 Å². The highest BCUT2D eigenvalue weighted by Crippen LogP contribution is 2.28. The molecule has 7 nitrogen and oxygen atoms in total. The minimum absolute atomic E-state index is 0.319. The lowest BCUT2D eigenvalue weighted by Crippen LogP contribution is -2.46. The highest BCUT2D eigenvalue weighted by molar-refractivity contribution is 5.81. The molecule has 0 spiro atoms. The zero-order chi connectivity index (χ0) is 21.2. The van der Waals surface area contributed by atoms with E-state index in [1.54, 1.807) is 24.3 Å². The van der Waals surface area contributed by atoms with Crippen molar-refractivity contribution in [3.8, 4) is 17.6 Å². The van der Waals surface area contributed by atoms with Gasteiger partial charge in [0.15, 0.2) is 13.2 Å². The van der Waals surface area contributed by atoms with Crippen molar-refractivity contribution in [2.75, 3.05) is 13.2 Å². The third-order valence-corrected chi connectivity index (χ3v) is 4.84. The maximum atomic E-state index is 11.9. The molecule has 30 heavy (non-hydrogen) atoms. The van der Waals surface area contributed by atoms with Gasteiger partial charge in [-0.3, -0.25) is 4.79 Å². The zero-order valence-corrected chi connectivity index (χ0v) is 16.6. The molecule has 156 valence electrons. The Hall–Kier alpha value is -3.53. The summed E-state index contributed by atoms with van der Waals surface area (Å²) in [6, 6.07) is 18.9. The Labute approximate surface area is 175 Å². The molecule has 1 aliphatic rings. The Morgan fingerprint density at radius 2 is 1.57 bits per heavy atom. The highest BCUT2D eigenvalue weighted by Gasteiger charge is 2.35. The van der Waals surface area contributed by atoms with Crippen LogP contribution in [0.25, 0.3) is 0 Å². The summed E-state index contributed by atoms with van der Waals surface area (Å²) in [6.45, 7) is -0.290. The van der Waals surface area contributed by atoms with Crippen LogP contribution in [0.4, 0.5) is 0 Å². The lowest BCUT2D eigenvalue weighted by Gasteiger charge is -2.21. The number of carbonyl (C=O) groups excluding carboxylic acids is 2. The second kappa shape index (κ2) is 10.3. The van der Waals surface area contributed by atoms with E-state index in [4.69, 9.17) is 14.2 Å². The Morgan fingerprint density at radius 1 is 0.933 bits per heavy atom. The summed E-state index contributed by atoms with van der Waals surface area (Å²) in [6.07, 6.45) is 3.05. The van der Waals surface area contributed by atoms with Gasteiger partial charge in [-0.25, -0.2) is 4.79 Å². The van der Waals surface area contributed by atoms with Gasteiger partial charge >= 0.3 is 5.97 Å². The van der Waals surface area contributed by atoms with Gasteiger partial charge in [0, 0.05) is 0 Å². The predicted molar refractivity (Wildman–Crippen MR) is 109 cm³/mol. The minimum Gasteiger partial charge on any atom is -0.489 e. The van der Waals surface area contributed by atoms with Crippen LogP contribution < -0.4 is 14.8 Å². The van der Waals surface area contributed by atoms with Gasteiger partial charge in [-0.1, -0.05) is 30.3 Å². The van der Waals surface area contributed by atoms with E-state index in [1.807, 2.05) is 30.3 Å². The van der Waals surface area contributed by atoms with Gasteiger partial charge in [-0.2, -0.15) is 5.26 Å². The SMILES string of the molecule is N#CC1(NC(=O)COC(=O)COc2ccc(OCc3ccccc3)cc2)CCCC1. The molecule has 0 radical (unpaired) electrons. The zero-order valence-electron chi connectivity index (χ0n) is 16.6. The van der Waals surface area contributed by atoms with E-state index in [0.717, 1.165) is 18.4 Å². The average Bonchev–Trinajstić information content (AvgIpc) is 3.25. The molecule has 0 heterocycles. The fraction of sp³-hybridized carbons (Fsp3) is 0.348. The van der Waals surface area contributed by atoms with Crippen molar-refractivity contribution in [2.24, 2.45) is 0 Å². The molecular formula is C23H24N2O5. The quantitative estimate of drug-likeness (QED) is 0.640. The molecule has 0 atom stereocenters. The van der Waals surface area contributed by atoms with Crippen molar-refractivity contribution >= 4 is 11.9 Å². The van der Waals surface area contributed by atoms with Crippen molar-refractivity contribution in [1.29, 1.82) is 5.26 Å². The van der Waals surface area contributed by atoms with Crippen molar-refractivity contribution in [1.82, 2.24) is 5.32 Å². The number of benzene rings is 2. The van der Waals surface area contributed by atoms with E-state index in [-0.39, 0.29) is 6.61 Å². The van der Waals surface area contributed by atoms with Crippen LogP contribution in [0.15, 0.2) is 54.6 Å². The van der Waals surface area contributed by atoms with Crippen LogP contribution >= 0.6 is 0 Å². The fourth-order valence-corrected chi connectivity index (χ4v) is 3.25. The lowest BCUT2D eigenvalue weighted by molar-refractivity contribution is -0.150. The Bertz CT molecular complexity index is 884. The van der Waals surface area contributed by atoms with Gasteiger partial charge in [0.2, 0.25) is 0 Å². The number of ether oxygens (including phenoxy) is 3. The van der Waals surface area contributed by atoms with Crippen molar-refractivity contribution < 1.29 is 23.8 Å². The van der Waals surface area contributed by atoms with Gasteiger partial charge in [0.05, 0.1) is 6.07 Å². The number of nitrogens with one attached hydrogen (secondary N) is 1. The van der Waals surface area contributed by atoms with Gasteiger partial charge in [-0.15, -0.1) is 0 Å². The highest BCUT2D eigenvalue weighted by atomic mass is 16.6. The molecule has 7 heteroatoms. The average molecular weight is 408 g/mol. The first-order valence-electron chi connectivity index (χ1n) is 9.86. The number of amides is 1. The number of esters is 1. The van der Waals surface area contributed by atoms with Crippen molar-refractivity contribution in [3.63, 3.8) is 0 Å². The molecule has 3 rings (SSSR count). The smallest absolute Gasteiger partial charge is 0.344 e.